The summed E-state index contributed by atoms with van der Waals surface area (Å²) in [6, 6.07) is 9.50. The number of benzene rings is 2. The van der Waals surface area contributed by atoms with Gasteiger partial charge in [-0.1, -0.05) is 17.7 Å². The Morgan fingerprint density at radius 1 is 1.30 bits per heavy atom. The van der Waals surface area contributed by atoms with E-state index in [1.165, 1.54) is 12.1 Å². The second kappa shape index (κ2) is 6.00. The summed E-state index contributed by atoms with van der Waals surface area (Å²) in [7, 11) is 0. The van der Waals surface area contributed by atoms with Gasteiger partial charge in [-0.15, -0.1) is 0 Å². The molecule has 4 nitrogen and oxygen atoms in total. The van der Waals surface area contributed by atoms with Crippen molar-refractivity contribution in [3.05, 3.63) is 67.9 Å². The molecule has 2 aromatic rings. The van der Waals surface area contributed by atoms with Gasteiger partial charge in [0.1, 0.15) is 5.82 Å². The molecule has 0 unspecified atom stereocenters. The molecule has 0 radical (unpaired) electrons. The summed E-state index contributed by atoms with van der Waals surface area (Å²) in [6.07, 6.45) is 0. The molecule has 0 spiro atoms. The van der Waals surface area contributed by atoms with E-state index in [2.05, 4.69) is 21.2 Å². The molecule has 0 aliphatic heterocycles. The van der Waals surface area contributed by atoms with Crippen molar-refractivity contribution < 1.29 is 9.31 Å². The van der Waals surface area contributed by atoms with E-state index in [1.807, 2.05) is 6.92 Å². The van der Waals surface area contributed by atoms with Gasteiger partial charge in [0.15, 0.2) is 0 Å². The number of aryl methyl sites for hydroxylation is 1. The molecule has 0 fully saturated rings. The summed E-state index contributed by atoms with van der Waals surface area (Å²) in [5.41, 5.74) is 2.22. The lowest BCUT2D eigenvalue weighted by atomic mass is 10.1. The van der Waals surface area contributed by atoms with Crippen LogP contribution in [0.15, 0.2) is 40.9 Å². The Bertz CT molecular complexity index is 662. The van der Waals surface area contributed by atoms with Gasteiger partial charge in [0.2, 0.25) is 0 Å². The van der Waals surface area contributed by atoms with Crippen LogP contribution in [0.25, 0.3) is 0 Å². The van der Waals surface area contributed by atoms with Crippen molar-refractivity contribution >= 4 is 27.3 Å². The number of nitro groups is 1. The summed E-state index contributed by atoms with van der Waals surface area (Å²) < 4.78 is 14.0. The lowest BCUT2D eigenvalue weighted by molar-refractivity contribution is -0.385. The molecule has 20 heavy (non-hydrogen) atoms. The molecule has 0 bridgehead atoms. The van der Waals surface area contributed by atoms with Gasteiger partial charge in [-0.3, -0.25) is 10.1 Å². The first-order valence-corrected chi connectivity index (χ1v) is 6.69. The van der Waals surface area contributed by atoms with Crippen LogP contribution in [-0.2, 0) is 6.54 Å². The standard InChI is InChI=1S/C14H12BrFN2O2/c1-9-2-4-13(16)10(6-9)8-17-11-3-5-14(18(19)20)12(15)7-11/h2-7,17H,8H2,1H3. The predicted octanol–water partition coefficient (Wildman–Crippen LogP) is 4.42. The molecule has 0 amide bonds. The Morgan fingerprint density at radius 3 is 2.70 bits per heavy atom. The van der Waals surface area contributed by atoms with Crippen LogP contribution in [0, 0.1) is 22.9 Å². The van der Waals surface area contributed by atoms with Crippen molar-refractivity contribution in [3.8, 4) is 0 Å². The fourth-order valence-corrected chi connectivity index (χ4v) is 2.32. The van der Waals surface area contributed by atoms with Crippen LogP contribution >= 0.6 is 15.9 Å². The topological polar surface area (TPSA) is 55.2 Å². The van der Waals surface area contributed by atoms with E-state index in [9.17, 15) is 14.5 Å². The molecule has 1 N–H and O–H groups in total. The molecule has 104 valence electrons. The molecular formula is C14H12BrFN2O2. The highest BCUT2D eigenvalue weighted by molar-refractivity contribution is 9.10. The average Bonchev–Trinajstić information content (AvgIpc) is 2.39. The van der Waals surface area contributed by atoms with Crippen LogP contribution in [0.4, 0.5) is 15.8 Å². The molecule has 0 aliphatic carbocycles. The zero-order valence-electron chi connectivity index (χ0n) is 10.7. The lowest BCUT2D eigenvalue weighted by Crippen LogP contribution is -2.02. The van der Waals surface area contributed by atoms with Crippen LogP contribution < -0.4 is 5.32 Å². The Morgan fingerprint density at radius 2 is 2.05 bits per heavy atom. The van der Waals surface area contributed by atoms with Gasteiger partial charge in [-0.05, 0) is 41.1 Å². The second-order valence-electron chi connectivity index (χ2n) is 4.37. The van der Waals surface area contributed by atoms with Gasteiger partial charge in [0, 0.05) is 23.9 Å². The highest BCUT2D eigenvalue weighted by Crippen LogP contribution is 2.28. The number of nitrogens with zero attached hydrogens (tertiary/aromatic N) is 1. The summed E-state index contributed by atoms with van der Waals surface area (Å²) in [5.74, 6) is -0.274. The Balaban J connectivity index is 2.13. The minimum absolute atomic E-state index is 0.00251. The molecular weight excluding hydrogens is 327 g/mol. The van der Waals surface area contributed by atoms with E-state index in [4.69, 9.17) is 0 Å². The van der Waals surface area contributed by atoms with Crippen molar-refractivity contribution in [3.63, 3.8) is 0 Å². The number of hydrogen-bond donors (Lipinski definition) is 1. The number of rotatable bonds is 4. The Kier molecular flexibility index (Phi) is 4.34. The Labute approximate surface area is 123 Å². The van der Waals surface area contributed by atoms with Crippen molar-refractivity contribution in [1.29, 1.82) is 0 Å². The summed E-state index contributed by atoms with van der Waals surface area (Å²) in [5, 5.41) is 13.7. The fourth-order valence-electron chi connectivity index (χ4n) is 1.80. The zero-order valence-corrected chi connectivity index (χ0v) is 12.3. The lowest BCUT2D eigenvalue weighted by Gasteiger charge is -2.09. The quantitative estimate of drug-likeness (QED) is 0.663. The normalized spacial score (nSPS) is 10.3. The van der Waals surface area contributed by atoms with Crippen molar-refractivity contribution in [2.75, 3.05) is 5.32 Å². The van der Waals surface area contributed by atoms with Crippen molar-refractivity contribution in [2.24, 2.45) is 0 Å². The van der Waals surface area contributed by atoms with Gasteiger partial charge in [-0.25, -0.2) is 4.39 Å². The molecule has 6 heteroatoms. The summed E-state index contributed by atoms with van der Waals surface area (Å²) in [6.45, 7) is 2.21. The van der Waals surface area contributed by atoms with Gasteiger partial charge < -0.3 is 5.32 Å². The molecule has 0 heterocycles. The molecule has 2 aromatic carbocycles. The number of hydrogen-bond acceptors (Lipinski definition) is 3. The van der Waals surface area contributed by atoms with E-state index in [0.717, 1.165) is 5.56 Å². The first-order valence-electron chi connectivity index (χ1n) is 5.90. The van der Waals surface area contributed by atoms with Crippen LogP contribution in [0.2, 0.25) is 0 Å². The SMILES string of the molecule is Cc1ccc(F)c(CNc2ccc([N+](=O)[O-])c(Br)c2)c1. The van der Waals surface area contributed by atoms with Crippen molar-refractivity contribution in [1.82, 2.24) is 0 Å². The van der Waals surface area contributed by atoms with E-state index in [1.54, 1.807) is 24.3 Å². The van der Waals surface area contributed by atoms with E-state index in [-0.39, 0.29) is 11.5 Å². The van der Waals surface area contributed by atoms with E-state index < -0.39 is 4.92 Å². The second-order valence-corrected chi connectivity index (χ2v) is 5.23. The zero-order chi connectivity index (χ0) is 14.7. The molecule has 0 aromatic heterocycles. The van der Waals surface area contributed by atoms with Crippen molar-refractivity contribution in [2.45, 2.75) is 13.5 Å². The number of nitro benzene ring substituents is 1. The molecule has 0 atom stereocenters. The molecule has 0 saturated carbocycles. The van der Waals surface area contributed by atoms with Gasteiger partial charge in [-0.2, -0.15) is 0 Å². The third-order valence-electron chi connectivity index (χ3n) is 2.83. The summed E-state index contributed by atoms with van der Waals surface area (Å²) >= 11 is 3.14. The van der Waals surface area contributed by atoms with Crippen LogP contribution in [-0.4, -0.2) is 4.92 Å². The number of anilines is 1. The molecule has 0 saturated heterocycles. The van der Waals surface area contributed by atoms with Crippen LogP contribution in [0.3, 0.4) is 0 Å². The summed E-state index contributed by atoms with van der Waals surface area (Å²) in [4.78, 5) is 10.2. The third kappa shape index (κ3) is 3.33. The minimum Gasteiger partial charge on any atom is -0.381 e. The monoisotopic (exact) mass is 338 g/mol. The number of nitrogens with one attached hydrogen (secondary N) is 1. The fraction of sp³-hybridized carbons (Fsp3) is 0.143. The number of halogens is 2. The van der Waals surface area contributed by atoms with Gasteiger partial charge >= 0.3 is 0 Å². The maximum Gasteiger partial charge on any atom is 0.283 e. The first-order chi connectivity index (χ1) is 9.47. The maximum absolute atomic E-state index is 13.6. The average molecular weight is 339 g/mol. The maximum atomic E-state index is 13.6. The van der Waals surface area contributed by atoms with Crippen LogP contribution in [0.1, 0.15) is 11.1 Å². The highest BCUT2D eigenvalue weighted by atomic mass is 79.9. The van der Waals surface area contributed by atoms with E-state index >= 15 is 0 Å². The molecule has 0 aliphatic rings. The van der Waals surface area contributed by atoms with E-state index in [0.29, 0.717) is 22.3 Å². The van der Waals surface area contributed by atoms with Gasteiger partial charge in [0.05, 0.1) is 9.40 Å². The van der Waals surface area contributed by atoms with Gasteiger partial charge in [0.25, 0.3) is 5.69 Å². The predicted molar refractivity (Wildman–Crippen MR) is 79.3 cm³/mol. The molecule has 2 rings (SSSR count). The third-order valence-corrected chi connectivity index (χ3v) is 3.46. The smallest absolute Gasteiger partial charge is 0.283 e. The minimum atomic E-state index is -0.464. The largest absolute Gasteiger partial charge is 0.381 e. The first kappa shape index (κ1) is 14.5. The highest BCUT2D eigenvalue weighted by Gasteiger charge is 2.11. The van der Waals surface area contributed by atoms with Crippen LogP contribution in [0.5, 0.6) is 0 Å². The Hall–Kier alpha value is -1.95.